The van der Waals surface area contributed by atoms with Crippen LogP contribution < -0.4 is 0 Å². The van der Waals surface area contributed by atoms with E-state index >= 15 is 0 Å². The van der Waals surface area contributed by atoms with Crippen molar-refractivity contribution in [3.05, 3.63) is 65.3 Å². The van der Waals surface area contributed by atoms with Crippen LogP contribution >= 0.6 is 0 Å². The molecular formula is C23H29NO3. The molecule has 4 heteroatoms. The molecular weight excluding hydrogens is 338 g/mol. The molecule has 1 aliphatic carbocycles. The summed E-state index contributed by atoms with van der Waals surface area (Å²) in [7, 11) is 0. The Morgan fingerprint density at radius 3 is 2.30 bits per heavy atom. The maximum Gasteiger partial charge on any atom is 0.335 e. The van der Waals surface area contributed by atoms with Gasteiger partial charge in [-0.15, -0.1) is 0 Å². The van der Waals surface area contributed by atoms with E-state index in [9.17, 15) is 10.0 Å². The number of carboxylic acids is 1. The fourth-order valence-corrected chi connectivity index (χ4v) is 3.69. The molecule has 0 aromatic heterocycles. The third-order valence-electron chi connectivity index (χ3n) is 4.79. The maximum atomic E-state index is 10.9. The van der Waals surface area contributed by atoms with Crippen LogP contribution in [-0.2, 0) is 0 Å². The van der Waals surface area contributed by atoms with E-state index in [0.29, 0.717) is 5.71 Å². The molecule has 144 valence electrons. The van der Waals surface area contributed by atoms with E-state index < -0.39 is 5.97 Å². The van der Waals surface area contributed by atoms with Gasteiger partial charge in [-0.1, -0.05) is 69.3 Å². The number of carboxylic acid groups (broad SMARTS) is 1. The minimum atomic E-state index is -0.949. The number of oxime groups is 1. The summed E-state index contributed by atoms with van der Waals surface area (Å²) in [6.07, 6.45) is 12.8. The summed E-state index contributed by atoms with van der Waals surface area (Å²) in [4.78, 5) is 10.9. The molecule has 0 aliphatic heterocycles. The highest BCUT2D eigenvalue weighted by Gasteiger charge is 2.28. The van der Waals surface area contributed by atoms with Crippen molar-refractivity contribution in [1.82, 2.24) is 0 Å². The number of carbonyl (C=O) groups is 1. The van der Waals surface area contributed by atoms with Crippen molar-refractivity contribution >= 4 is 17.8 Å². The molecule has 0 bridgehead atoms. The van der Waals surface area contributed by atoms with Crippen LogP contribution in [0.4, 0.5) is 0 Å². The maximum absolute atomic E-state index is 10.9. The van der Waals surface area contributed by atoms with Crippen molar-refractivity contribution in [1.29, 1.82) is 0 Å². The van der Waals surface area contributed by atoms with E-state index in [4.69, 9.17) is 5.11 Å². The lowest BCUT2D eigenvalue weighted by Crippen LogP contribution is -2.22. The molecule has 1 aliphatic rings. The van der Waals surface area contributed by atoms with Crippen molar-refractivity contribution in [3.63, 3.8) is 0 Å². The van der Waals surface area contributed by atoms with Gasteiger partial charge in [0.05, 0.1) is 5.56 Å². The fraction of sp³-hybridized carbons (Fsp3) is 0.391. The summed E-state index contributed by atoms with van der Waals surface area (Å²) in [5.41, 5.74) is 2.86. The molecule has 2 N–H and O–H groups in total. The van der Waals surface area contributed by atoms with Gasteiger partial charge in [-0.05, 0) is 59.4 Å². The normalized spacial score (nSPS) is 23.0. The number of aromatic carboxylic acids is 1. The Morgan fingerprint density at radius 1 is 1.07 bits per heavy atom. The Bertz CT molecular complexity index is 793. The second kappa shape index (κ2) is 8.38. The third-order valence-corrected chi connectivity index (χ3v) is 4.79. The van der Waals surface area contributed by atoms with Crippen LogP contribution in [0.15, 0.2) is 59.3 Å². The van der Waals surface area contributed by atoms with Crippen LogP contribution in [0.25, 0.3) is 6.08 Å². The van der Waals surface area contributed by atoms with Gasteiger partial charge in [-0.2, -0.15) is 0 Å². The predicted molar refractivity (Wildman–Crippen MR) is 110 cm³/mol. The summed E-state index contributed by atoms with van der Waals surface area (Å²) < 4.78 is 0. The Labute approximate surface area is 161 Å². The zero-order valence-corrected chi connectivity index (χ0v) is 16.6. The lowest BCUT2D eigenvalue weighted by molar-refractivity contribution is 0.0697. The van der Waals surface area contributed by atoms with Gasteiger partial charge >= 0.3 is 5.97 Å². The Morgan fingerprint density at radius 2 is 1.70 bits per heavy atom. The highest BCUT2D eigenvalue weighted by Crippen LogP contribution is 2.40. The molecule has 0 spiro atoms. The first-order valence-electron chi connectivity index (χ1n) is 9.22. The van der Waals surface area contributed by atoms with Crippen molar-refractivity contribution in [2.75, 3.05) is 0 Å². The second-order valence-electron chi connectivity index (χ2n) is 8.72. The number of rotatable bonds is 4. The number of hydrogen-bond donors (Lipinski definition) is 2. The second-order valence-corrected chi connectivity index (χ2v) is 8.72. The predicted octanol–water partition coefficient (Wildman–Crippen LogP) is 5.95. The Hall–Kier alpha value is -2.62. The van der Waals surface area contributed by atoms with Gasteiger partial charge in [0, 0.05) is 0 Å². The Kier molecular flexibility index (Phi) is 6.42. The lowest BCUT2D eigenvalue weighted by atomic mass is 9.72. The van der Waals surface area contributed by atoms with E-state index in [-0.39, 0.29) is 16.4 Å². The first-order chi connectivity index (χ1) is 12.6. The molecule has 4 nitrogen and oxygen atoms in total. The summed E-state index contributed by atoms with van der Waals surface area (Å²) >= 11 is 0. The van der Waals surface area contributed by atoms with Gasteiger partial charge < -0.3 is 10.3 Å². The average molecular weight is 367 g/mol. The highest BCUT2D eigenvalue weighted by molar-refractivity contribution is 6.12. The van der Waals surface area contributed by atoms with Gasteiger partial charge in [0.25, 0.3) is 0 Å². The third kappa shape index (κ3) is 6.24. The molecule has 0 atom stereocenters. The molecule has 0 radical (unpaired) electrons. The van der Waals surface area contributed by atoms with E-state index in [0.717, 1.165) is 30.4 Å². The summed E-state index contributed by atoms with van der Waals surface area (Å²) in [6.45, 7) is 9.10. The fourth-order valence-electron chi connectivity index (χ4n) is 3.69. The molecule has 0 fully saturated rings. The van der Waals surface area contributed by atoms with Crippen LogP contribution in [-0.4, -0.2) is 22.0 Å². The van der Waals surface area contributed by atoms with Crippen molar-refractivity contribution in [2.45, 2.75) is 47.0 Å². The van der Waals surface area contributed by atoms with Gasteiger partial charge in [0.2, 0.25) is 0 Å². The van der Waals surface area contributed by atoms with Gasteiger partial charge in [0.15, 0.2) is 0 Å². The number of hydrogen-bond acceptors (Lipinski definition) is 3. The molecule has 0 heterocycles. The van der Waals surface area contributed by atoms with Crippen LogP contribution in [0.5, 0.6) is 0 Å². The summed E-state index contributed by atoms with van der Waals surface area (Å²) in [5, 5.41) is 22.0. The lowest BCUT2D eigenvalue weighted by Gasteiger charge is -2.33. The molecule has 1 aromatic rings. The van der Waals surface area contributed by atoms with E-state index in [1.165, 1.54) is 0 Å². The van der Waals surface area contributed by atoms with E-state index in [2.05, 4.69) is 45.0 Å². The van der Waals surface area contributed by atoms with E-state index in [1.54, 1.807) is 30.3 Å². The minimum Gasteiger partial charge on any atom is -0.478 e. The van der Waals surface area contributed by atoms with Crippen molar-refractivity contribution in [3.8, 4) is 0 Å². The minimum absolute atomic E-state index is 0.164. The highest BCUT2D eigenvalue weighted by atomic mass is 16.4. The van der Waals surface area contributed by atoms with Crippen LogP contribution in [0.1, 0.15) is 62.9 Å². The molecule has 0 saturated heterocycles. The molecule has 27 heavy (non-hydrogen) atoms. The largest absolute Gasteiger partial charge is 0.478 e. The monoisotopic (exact) mass is 367 g/mol. The first kappa shape index (κ1) is 20.7. The molecule has 2 rings (SSSR count). The SMILES string of the molecule is CC1(C)C\C=C/C(C(/C=C/c2ccc(C(=O)O)cc2)=N/O)=C\CC(C)(C)C1. The Balaban J connectivity index is 2.24. The number of benzene rings is 1. The van der Waals surface area contributed by atoms with Crippen molar-refractivity contribution in [2.24, 2.45) is 16.0 Å². The standard InChI is InChI=1S/C23H29NO3/c1-22(2)14-5-6-18(13-15-23(3,4)16-22)20(24-27)12-9-17-7-10-19(11-8-17)21(25)26/h5-13,27H,14-16H2,1-4H3,(H,25,26)/b6-5-,12-9+,18-13+,24-20+. The molecule has 0 amide bonds. The average Bonchev–Trinajstić information content (AvgIpc) is 2.63. The van der Waals surface area contributed by atoms with Gasteiger partial charge in [0.1, 0.15) is 5.71 Å². The van der Waals surface area contributed by atoms with Crippen molar-refractivity contribution < 1.29 is 15.1 Å². The van der Waals surface area contributed by atoms with E-state index in [1.807, 2.05) is 12.2 Å². The topological polar surface area (TPSA) is 69.9 Å². The zero-order valence-electron chi connectivity index (χ0n) is 16.6. The van der Waals surface area contributed by atoms with Crippen LogP contribution in [0, 0.1) is 10.8 Å². The summed E-state index contributed by atoms with van der Waals surface area (Å²) in [5.74, 6) is -0.949. The van der Waals surface area contributed by atoms with Gasteiger partial charge in [-0.3, -0.25) is 0 Å². The van der Waals surface area contributed by atoms with Crippen LogP contribution in [0.2, 0.25) is 0 Å². The summed E-state index contributed by atoms with van der Waals surface area (Å²) in [6, 6.07) is 6.57. The first-order valence-corrected chi connectivity index (χ1v) is 9.22. The smallest absolute Gasteiger partial charge is 0.335 e. The zero-order chi connectivity index (χ0) is 20.1. The van der Waals surface area contributed by atoms with Gasteiger partial charge in [-0.25, -0.2) is 4.79 Å². The molecule has 1 aromatic carbocycles. The number of allylic oxidation sites excluding steroid dienone is 5. The molecule has 0 unspecified atom stereocenters. The number of nitrogens with zero attached hydrogens (tertiary/aromatic N) is 1. The van der Waals surface area contributed by atoms with Crippen LogP contribution in [0.3, 0.4) is 0 Å². The molecule has 0 saturated carbocycles. The quantitative estimate of drug-likeness (QED) is 0.392.